The van der Waals surface area contributed by atoms with Crippen LogP contribution in [-0.4, -0.2) is 44.3 Å². The summed E-state index contributed by atoms with van der Waals surface area (Å²) in [5.41, 5.74) is 0.764. The standard InChI is InChI=1S/C20H21BrN2O5S/c21-16-6-4-15(5-7-16)20(25)28-14-19(24)22-17-8-10-18(11-9-17)29(26,27)23-12-2-1-3-13-23/h4-11H,1-3,12-14H2,(H,22,24). The third kappa shape index (κ3) is 5.65. The van der Waals surface area contributed by atoms with Crippen molar-refractivity contribution in [3.63, 3.8) is 0 Å². The molecular weight excluding hydrogens is 460 g/mol. The van der Waals surface area contributed by atoms with Gasteiger partial charge in [-0.3, -0.25) is 4.79 Å². The number of anilines is 1. The predicted octanol–water partition coefficient (Wildman–Crippen LogP) is 3.42. The van der Waals surface area contributed by atoms with Gasteiger partial charge in [-0.15, -0.1) is 0 Å². The Hall–Kier alpha value is -2.23. The largest absolute Gasteiger partial charge is 0.452 e. The maximum atomic E-state index is 12.6. The van der Waals surface area contributed by atoms with E-state index in [0.29, 0.717) is 24.3 Å². The van der Waals surface area contributed by atoms with E-state index in [0.717, 1.165) is 23.7 Å². The lowest BCUT2D eigenvalue weighted by molar-refractivity contribution is -0.119. The van der Waals surface area contributed by atoms with E-state index in [1.54, 1.807) is 24.3 Å². The molecule has 0 unspecified atom stereocenters. The van der Waals surface area contributed by atoms with Gasteiger partial charge >= 0.3 is 5.97 Å². The lowest BCUT2D eigenvalue weighted by atomic mass is 10.2. The Balaban J connectivity index is 1.54. The molecular formula is C20H21BrN2O5S. The molecule has 2 aromatic carbocycles. The van der Waals surface area contributed by atoms with Crippen molar-refractivity contribution in [1.82, 2.24) is 4.31 Å². The van der Waals surface area contributed by atoms with Gasteiger partial charge in [0, 0.05) is 23.2 Å². The van der Waals surface area contributed by atoms with Crippen molar-refractivity contribution in [2.45, 2.75) is 24.2 Å². The van der Waals surface area contributed by atoms with Crippen molar-refractivity contribution in [3.8, 4) is 0 Å². The van der Waals surface area contributed by atoms with Gasteiger partial charge in [-0.25, -0.2) is 13.2 Å². The molecule has 1 heterocycles. The lowest BCUT2D eigenvalue weighted by Gasteiger charge is -2.25. The predicted molar refractivity (Wildman–Crippen MR) is 112 cm³/mol. The van der Waals surface area contributed by atoms with Gasteiger partial charge in [0.05, 0.1) is 10.5 Å². The van der Waals surface area contributed by atoms with Gasteiger partial charge in [-0.05, 0) is 61.4 Å². The minimum Gasteiger partial charge on any atom is -0.452 e. The SMILES string of the molecule is O=C(COC(=O)c1ccc(Br)cc1)Nc1ccc(S(=O)(=O)N2CCCCC2)cc1. The number of nitrogens with one attached hydrogen (secondary N) is 1. The second-order valence-corrected chi connectivity index (χ2v) is 9.47. The first-order chi connectivity index (χ1) is 13.9. The van der Waals surface area contributed by atoms with E-state index in [1.807, 2.05) is 0 Å². The number of benzene rings is 2. The summed E-state index contributed by atoms with van der Waals surface area (Å²) in [4.78, 5) is 24.1. The maximum Gasteiger partial charge on any atom is 0.338 e. The van der Waals surface area contributed by atoms with E-state index in [4.69, 9.17) is 4.74 Å². The summed E-state index contributed by atoms with van der Waals surface area (Å²) in [5.74, 6) is -1.11. The molecule has 1 amide bonds. The van der Waals surface area contributed by atoms with Gasteiger partial charge < -0.3 is 10.1 Å². The zero-order valence-corrected chi connectivity index (χ0v) is 18.0. The van der Waals surface area contributed by atoms with Crippen molar-refractivity contribution in [2.24, 2.45) is 0 Å². The normalized spacial score (nSPS) is 14.9. The average Bonchev–Trinajstić information content (AvgIpc) is 2.73. The first kappa shape index (κ1) is 21.5. The Morgan fingerprint density at radius 1 is 0.966 bits per heavy atom. The molecule has 0 saturated carbocycles. The summed E-state index contributed by atoms with van der Waals surface area (Å²) < 4.78 is 32.6. The van der Waals surface area contributed by atoms with Crippen LogP contribution in [0.15, 0.2) is 57.9 Å². The Labute approximate surface area is 178 Å². The number of nitrogens with zero attached hydrogens (tertiary/aromatic N) is 1. The van der Waals surface area contributed by atoms with Crippen molar-refractivity contribution in [2.75, 3.05) is 25.0 Å². The number of esters is 1. The minimum absolute atomic E-state index is 0.194. The van der Waals surface area contributed by atoms with E-state index < -0.39 is 28.5 Å². The van der Waals surface area contributed by atoms with Crippen LogP contribution >= 0.6 is 15.9 Å². The number of sulfonamides is 1. The molecule has 0 radical (unpaired) electrons. The Bertz CT molecular complexity index is 969. The third-order valence-electron chi connectivity index (χ3n) is 4.51. The highest BCUT2D eigenvalue weighted by atomic mass is 79.9. The van der Waals surface area contributed by atoms with Gasteiger partial charge in [0.2, 0.25) is 10.0 Å². The average molecular weight is 481 g/mol. The highest BCUT2D eigenvalue weighted by Gasteiger charge is 2.25. The first-order valence-electron chi connectivity index (χ1n) is 9.19. The van der Waals surface area contributed by atoms with Crippen LogP contribution in [-0.2, 0) is 19.6 Å². The summed E-state index contributed by atoms with van der Waals surface area (Å²) >= 11 is 3.28. The second kappa shape index (κ2) is 9.51. The summed E-state index contributed by atoms with van der Waals surface area (Å²) in [6, 6.07) is 12.6. The van der Waals surface area contributed by atoms with Crippen molar-refractivity contribution >= 4 is 43.5 Å². The fraction of sp³-hybridized carbons (Fsp3) is 0.300. The van der Waals surface area contributed by atoms with Crippen LogP contribution in [0.1, 0.15) is 29.6 Å². The molecule has 0 aromatic heterocycles. The van der Waals surface area contributed by atoms with Crippen LogP contribution < -0.4 is 5.32 Å². The molecule has 2 aromatic rings. The number of hydrogen-bond donors (Lipinski definition) is 1. The number of carbonyl (C=O) groups excluding carboxylic acids is 2. The van der Waals surface area contributed by atoms with Crippen LogP contribution in [0.3, 0.4) is 0 Å². The van der Waals surface area contributed by atoms with Crippen molar-refractivity contribution in [1.29, 1.82) is 0 Å². The van der Waals surface area contributed by atoms with E-state index >= 15 is 0 Å². The smallest absolute Gasteiger partial charge is 0.338 e. The molecule has 0 atom stereocenters. The summed E-state index contributed by atoms with van der Waals surface area (Å²) in [5, 5.41) is 2.58. The lowest BCUT2D eigenvalue weighted by Crippen LogP contribution is -2.35. The molecule has 1 N–H and O–H groups in total. The van der Waals surface area contributed by atoms with Gasteiger partial charge in [0.1, 0.15) is 0 Å². The first-order valence-corrected chi connectivity index (χ1v) is 11.4. The zero-order valence-electron chi connectivity index (χ0n) is 15.6. The third-order valence-corrected chi connectivity index (χ3v) is 6.95. The van der Waals surface area contributed by atoms with Crippen molar-refractivity contribution < 1.29 is 22.7 Å². The molecule has 154 valence electrons. The molecule has 3 rings (SSSR count). The van der Waals surface area contributed by atoms with Gasteiger partial charge in [0.25, 0.3) is 5.91 Å². The molecule has 1 fully saturated rings. The summed E-state index contributed by atoms with van der Waals surface area (Å²) in [7, 11) is -3.51. The molecule has 1 aliphatic rings. The maximum absolute atomic E-state index is 12.6. The fourth-order valence-electron chi connectivity index (χ4n) is 2.96. The molecule has 1 aliphatic heterocycles. The number of carbonyl (C=O) groups is 2. The topological polar surface area (TPSA) is 92.8 Å². The summed E-state index contributed by atoms with van der Waals surface area (Å²) in [6.07, 6.45) is 2.78. The Morgan fingerprint density at radius 3 is 2.21 bits per heavy atom. The number of halogens is 1. The quantitative estimate of drug-likeness (QED) is 0.639. The highest BCUT2D eigenvalue weighted by Crippen LogP contribution is 2.22. The fourth-order valence-corrected chi connectivity index (χ4v) is 4.74. The summed E-state index contributed by atoms with van der Waals surface area (Å²) in [6.45, 7) is 0.623. The molecule has 1 saturated heterocycles. The van der Waals surface area contributed by atoms with Crippen LogP contribution in [0.4, 0.5) is 5.69 Å². The Morgan fingerprint density at radius 2 is 1.59 bits per heavy atom. The number of piperidine rings is 1. The van der Waals surface area contributed by atoms with Crippen LogP contribution in [0.2, 0.25) is 0 Å². The van der Waals surface area contributed by atoms with Crippen LogP contribution in [0.5, 0.6) is 0 Å². The molecule has 0 aliphatic carbocycles. The van der Waals surface area contributed by atoms with E-state index in [-0.39, 0.29) is 4.90 Å². The molecule has 9 heteroatoms. The van der Waals surface area contributed by atoms with E-state index in [1.165, 1.54) is 28.6 Å². The van der Waals surface area contributed by atoms with Gasteiger partial charge in [-0.1, -0.05) is 22.4 Å². The van der Waals surface area contributed by atoms with Gasteiger partial charge in [0.15, 0.2) is 6.61 Å². The van der Waals surface area contributed by atoms with Crippen LogP contribution in [0.25, 0.3) is 0 Å². The van der Waals surface area contributed by atoms with Crippen molar-refractivity contribution in [3.05, 3.63) is 58.6 Å². The molecule has 0 spiro atoms. The van der Waals surface area contributed by atoms with Crippen LogP contribution in [0, 0.1) is 0 Å². The number of rotatable bonds is 6. The van der Waals surface area contributed by atoms with E-state index in [9.17, 15) is 18.0 Å². The number of ether oxygens (including phenoxy) is 1. The second-order valence-electron chi connectivity index (χ2n) is 6.62. The molecule has 7 nitrogen and oxygen atoms in total. The Kier molecular flexibility index (Phi) is 7.05. The van der Waals surface area contributed by atoms with Gasteiger partial charge in [-0.2, -0.15) is 4.31 Å². The van der Waals surface area contributed by atoms with E-state index in [2.05, 4.69) is 21.2 Å². The highest BCUT2D eigenvalue weighted by molar-refractivity contribution is 9.10. The zero-order chi connectivity index (χ0) is 20.9. The monoisotopic (exact) mass is 480 g/mol. The molecule has 29 heavy (non-hydrogen) atoms. The minimum atomic E-state index is -3.51. The number of amides is 1. The molecule has 0 bridgehead atoms. The number of hydrogen-bond acceptors (Lipinski definition) is 5.